The van der Waals surface area contributed by atoms with Crippen LogP contribution in [-0.4, -0.2) is 35.1 Å². The molecule has 1 N–H and O–H groups in total. The van der Waals surface area contributed by atoms with E-state index in [2.05, 4.69) is 41.2 Å². The number of aromatic amines is 1. The van der Waals surface area contributed by atoms with Gasteiger partial charge in [-0.2, -0.15) is 0 Å². The average Bonchev–Trinajstić information content (AvgIpc) is 2.92. The van der Waals surface area contributed by atoms with Crippen LogP contribution in [0.25, 0.3) is 10.9 Å². The van der Waals surface area contributed by atoms with Crippen molar-refractivity contribution in [3.8, 4) is 5.75 Å². The van der Waals surface area contributed by atoms with Crippen LogP contribution >= 0.6 is 0 Å². The summed E-state index contributed by atoms with van der Waals surface area (Å²) in [4.78, 5) is 5.77. The van der Waals surface area contributed by atoms with Crippen molar-refractivity contribution in [2.45, 2.75) is 43.9 Å². The molecule has 19 heavy (non-hydrogen) atoms. The van der Waals surface area contributed by atoms with E-state index in [0.717, 1.165) is 17.8 Å². The number of benzene rings is 1. The summed E-state index contributed by atoms with van der Waals surface area (Å²) in [7, 11) is 2.27. The van der Waals surface area contributed by atoms with Gasteiger partial charge in [0.1, 0.15) is 11.9 Å². The molecule has 2 aliphatic rings. The van der Waals surface area contributed by atoms with Crippen LogP contribution in [0.3, 0.4) is 0 Å². The molecule has 1 aromatic heterocycles. The van der Waals surface area contributed by atoms with E-state index in [1.54, 1.807) is 0 Å². The van der Waals surface area contributed by atoms with Crippen LogP contribution in [0.1, 0.15) is 25.7 Å². The highest BCUT2D eigenvalue weighted by atomic mass is 16.5. The first kappa shape index (κ1) is 11.4. The molecule has 0 spiro atoms. The molecule has 100 valence electrons. The fourth-order valence-corrected chi connectivity index (χ4v) is 3.75. The van der Waals surface area contributed by atoms with Crippen molar-refractivity contribution in [3.63, 3.8) is 0 Å². The molecule has 4 rings (SSSR count). The van der Waals surface area contributed by atoms with Crippen molar-refractivity contribution in [1.82, 2.24) is 9.88 Å². The van der Waals surface area contributed by atoms with E-state index in [1.165, 1.54) is 36.6 Å². The minimum atomic E-state index is 0.394. The van der Waals surface area contributed by atoms with Gasteiger partial charge in [-0.3, -0.25) is 0 Å². The first-order chi connectivity index (χ1) is 9.29. The van der Waals surface area contributed by atoms with Gasteiger partial charge in [-0.25, -0.2) is 0 Å². The molecule has 0 aliphatic carbocycles. The Morgan fingerprint density at radius 3 is 2.74 bits per heavy atom. The number of hydrogen-bond donors (Lipinski definition) is 1. The molecule has 2 unspecified atom stereocenters. The number of nitrogens with one attached hydrogen (secondary N) is 1. The number of hydrogen-bond acceptors (Lipinski definition) is 2. The van der Waals surface area contributed by atoms with Gasteiger partial charge in [-0.1, -0.05) is 0 Å². The van der Waals surface area contributed by atoms with Gasteiger partial charge in [-0.05, 0) is 57.0 Å². The zero-order valence-corrected chi connectivity index (χ0v) is 11.3. The van der Waals surface area contributed by atoms with Crippen molar-refractivity contribution < 1.29 is 4.74 Å². The van der Waals surface area contributed by atoms with Crippen LogP contribution in [0, 0.1) is 0 Å². The monoisotopic (exact) mass is 256 g/mol. The molecular formula is C16H20N2O. The molecule has 2 aromatic rings. The smallest absolute Gasteiger partial charge is 0.120 e. The Balaban J connectivity index is 1.52. The SMILES string of the molecule is CN1C2CCC1CC(Oc1ccc3[nH]ccc3c1)C2. The summed E-state index contributed by atoms with van der Waals surface area (Å²) in [6, 6.07) is 9.90. The lowest BCUT2D eigenvalue weighted by Gasteiger charge is -2.36. The van der Waals surface area contributed by atoms with Crippen LogP contribution in [-0.2, 0) is 0 Å². The van der Waals surface area contributed by atoms with Crippen molar-refractivity contribution in [1.29, 1.82) is 0 Å². The highest BCUT2D eigenvalue weighted by Crippen LogP contribution is 2.36. The van der Waals surface area contributed by atoms with Crippen LogP contribution in [0.2, 0.25) is 0 Å². The molecule has 2 atom stereocenters. The van der Waals surface area contributed by atoms with Gasteiger partial charge >= 0.3 is 0 Å². The predicted octanol–water partition coefficient (Wildman–Crippen LogP) is 3.17. The Labute approximate surface area is 113 Å². The van der Waals surface area contributed by atoms with E-state index >= 15 is 0 Å². The van der Waals surface area contributed by atoms with Crippen molar-refractivity contribution in [3.05, 3.63) is 30.5 Å². The third kappa shape index (κ3) is 1.93. The Hall–Kier alpha value is -1.48. The van der Waals surface area contributed by atoms with Gasteiger partial charge in [-0.15, -0.1) is 0 Å². The lowest BCUT2D eigenvalue weighted by Crippen LogP contribution is -2.43. The van der Waals surface area contributed by atoms with Gasteiger partial charge in [0.2, 0.25) is 0 Å². The zero-order chi connectivity index (χ0) is 12.8. The number of rotatable bonds is 2. The molecule has 2 saturated heterocycles. The Kier molecular flexibility index (Phi) is 2.55. The van der Waals surface area contributed by atoms with Crippen molar-refractivity contribution in [2.24, 2.45) is 0 Å². The lowest BCUT2D eigenvalue weighted by atomic mass is 10.0. The fraction of sp³-hybridized carbons (Fsp3) is 0.500. The average molecular weight is 256 g/mol. The number of piperidine rings is 1. The van der Waals surface area contributed by atoms with Crippen LogP contribution in [0.15, 0.2) is 30.5 Å². The van der Waals surface area contributed by atoms with Gasteiger partial charge in [0.15, 0.2) is 0 Å². The maximum Gasteiger partial charge on any atom is 0.120 e. The summed E-state index contributed by atoms with van der Waals surface area (Å²) in [5.74, 6) is 1.01. The van der Waals surface area contributed by atoms with Crippen molar-refractivity contribution in [2.75, 3.05) is 7.05 Å². The summed E-state index contributed by atoms with van der Waals surface area (Å²) >= 11 is 0. The first-order valence-electron chi connectivity index (χ1n) is 7.25. The summed E-state index contributed by atoms with van der Waals surface area (Å²) in [6.45, 7) is 0. The maximum absolute atomic E-state index is 6.22. The second-order valence-corrected chi connectivity index (χ2v) is 5.99. The number of ether oxygens (including phenoxy) is 1. The van der Waals surface area contributed by atoms with Crippen molar-refractivity contribution >= 4 is 10.9 Å². The Bertz CT molecular complexity index is 577. The maximum atomic E-state index is 6.22. The Morgan fingerprint density at radius 2 is 1.95 bits per heavy atom. The molecule has 3 nitrogen and oxygen atoms in total. The Morgan fingerprint density at radius 1 is 1.16 bits per heavy atom. The first-order valence-corrected chi connectivity index (χ1v) is 7.25. The summed E-state index contributed by atoms with van der Waals surface area (Å²) in [6.07, 6.45) is 7.42. The highest BCUT2D eigenvalue weighted by molar-refractivity contribution is 5.80. The van der Waals surface area contributed by atoms with E-state index in [-0.39, 0.29) is 0 Å². The molecule has 2 bridgehead atoms. The van der Waals surface area contributed by atoms with E-state index in [4.69, 9.17) is 4.74 Å². The highest BCUT2D eigenvalue weighted by Gasteiger charge is 2.39. The van der Waals surface area contributed by atoms with Gasteiger partial charge in [0.25, 0.3) is 0 Å². The van der Waals surface area contributed by atoms with E-state index < -0.39 is 0 Å². The van der Waals surface area contributed by atoms with Crippen LogP contribution in [0.5, 0.6) is 5.75 Å². The quantitative estimate of drug-likeness (QED) is 0.894. The van der Waals surface area contributed by atoms with Gasteiger partial charge < -0.3 is 14.6 Å². The number of H-pyrrole nitrogens is 1. The summed E-state index contributed by atoms with van der Waals surface area (Å²) in [5, 5.41) is 1.23. The number of nitrogens with zero attached hydrogens (tertiary/aromatic N) is 1. The largest absolute Gasteiger partial charge is 0.490 e. The molecule has 0 amide bonds. The number of fused-ring (bicyclic) bond motifs is 3. The molecule has 2 fully saturated rings. The lowest BCUT2D eigenvalue weighted by molar-refractivity contribution is 0.0662. The van der Waals surface area contributed by atoms with Crippen LogP contribution in [0.4, 0.5) is 0 Å². The third-order valence-corrected chi connectivity index (χ3v) is 4.88. The second-order valence-electron chi connectivity index (χ2n) is 5.99. The van der Waals surface area contributed by atoms with E-state index in [9.17, 15) is 0 Å². The zero-order valence-electron chi connectivity index (χ0n) is 11.3. The standard InChI is InChI=1S/C16H20N2O/c1-18-12-2-3-13(18)10-15(9-12)19-14-4-5-16-11(8-14)6-7-17-16/h4-8,12-13,15,17H,2-3,9-10H2,1H3. The minimum Gasteiger partial charge on any atom is -0.490 e. The van der Waals surface area contributed by atoms with Gasteiger partial charge in [0.05, 0.1) is 0 Å². The second kappa shape index (κ2) is 4.27. The van der Waals surface area contributed by atoms with Crippen LogP contribution < -0.4 is 4.74 Å². The molecule has 2 aliphatic heterocycles. The molecule has 0 saturated carbocycles. The minimum absolute atomic E-state index is 0.394. The topological polar surface area (TPSA) is 28.3 Å². The van der Waals surface area contributed by atoms with E-state index in [1.807, 2.05) is 6.20 Å². The normalized spacial score (nSPS) is 30.9. The summed E-state index contributed by atoms with van der Waals surface area (Å²) in [5.41, 5.74) is 1.18. The summed E-state index contributed by atoms with van der Waals surface area (Å²) < 4.78 is 6.22. The fourth-order valence-electron chi connectivity index (χ4n) is 3.75. The molecule has 1 aromatic carbocycles. The molecule has 3 heterocycles. The molecule has 3 heteroatoms. The van der Waals surface area contributed by atoms with E-state index in [0.29, 0.717) is 6.10 Å². The number of aromatic nitrogens is 1. The van der Waals surface area contributed by atoms with Gasteiger partial charge in [0, 0.05) is 29.2 Å². The predicted molar refractivity (Wildman–Crippen MR) is 76.5 cm³/mol. The third-order valence-electron chi connectivity index (χ3n) is 4.88. The molecule has 0 radical (unpaired) electrons. The molecular weight excluding hydrogens is 236 g/mol.